The second-order valence-corrected chi connectivity index (χ2v) is 3.54. The van der Waals surface area contributed by atoms with Crippen molar-refractivity contribution in [3.63, 3.8) is 0 Å². The lowest BCUT2D eigenvalue weighted by molar-refractivity contribution is -0.137. The Kier molecular flexibility index (Phi) is 3.86. The molecular formula is C11H11ClF3N. The first kappa shape index (κ1) is 12.9. The molecule has 0 radical (unpaired) electrons. The van der Waals surface area contributed by atoms with Crippen LogP contribution in [0.5, 0.6) is 0 Å². The molecule has 0 N–H and O–H groups in total. The van der Waals surface area contributed by atoms with Gasteiger partial charge in [-0.2, -0.15) is 13.2 Å². The van der Waals surface area contributed by atoms with E-state index in [-0.39, 0.29) is 5.02 Å². The standard InChI is InChI=1S/C11H11ClF3N/c1-3-16(4-2)10-7-8(11(13,14)15)5-6-9(10)12/h3,5-7H,1,4H2,2H3. The molecule has 88 valence electrons. The number of nitrogens with zero attached hydrogens (tertiary/aromatic N) is 1. The molecule has 0 saturated heterocycles. The lowest BCUT2D eigenvalue weighted by atomic mass is 10.2. The zero-order valence-electron chi connectivity index (χ0n) is 8.68. The van der Waals surface area contributed by atoms with Gasteiger partial charge in [0.2, 0.25) is 0 Å². The Labute approximate surface area is 97.1 Å². The van der Waals surface area contributed by atoms with Crippen molar-refractivity contribution in [2.75, 3.05) is 11.4 Å². The highest BCUT2D eigenvalue weighted by Crippen LogP contribution is 2.35. The summed E-state index contributed by atoms with van der Waals surface area (Å²) in [6.45, 7) is 5.84. The molecule has 0 aliphatic carbocycles. The summed E-state index contributed by atoms with van der Waals surface area (Å²) < 4.78 is 37.5. The van der Waals surface area contributed by atoms with Crippen LogP contribution in [-0.4, -0.2) is 6.54 Å². The van der Waals surface area contributed by atoms with Gasteiger partial charge in [0.25, 0.3) is 0 Å². The molecule has 0 fully saturated rings. The molecule has 1 rings (SSSR count). The Morgan fingerprint density at radius 3 is 2.50 bits per heavy atom. The summed E-state index contributed by atoms with van der Waals surface area (Å²) in [5.41, 5.74) is -0.402. The third-order valence-electron chi connectivity index (χ3n) is 2.14. The monoisotopic (exact) mass is 249 g/mol. The lowest BCUT2D eigenvalue weighted by Crippen LogP contribution is -2.16. The largest absolute Gasteiger partial charge is 0.416 e. The van der Waals surface area contributed by atoms with Crippen LogP contribution in [0.2, 0.25) is 5.02 Å². The first-order valence-corrected chi connectivity index (χ1v) is 5.04. The van der Waals surface area contributed by atoms with E-state index in [0.717, 1.165) is 12.1 Å². The number of hydrogen-bond acceptors (Lipinski definition) is 1. The van der Waals surface area contributed by atoms with E-state index in [9.17, 15) is 13.2 Å². The third kappa shape index (κ3) is 2.70. The van der Waals surface area contributed by atoms with Crippen molar-refractivity contribution < 1.29 is 13.2 Å². The average molecular weight is 250 g/mol. The van der Waals surface area contributed by atoms with Gasteiger partial charge < -0.3 is 4.90 Å². The molecule has 0 aliphatic rings. The minimum atomic E-state index is -4.36. The highest BCUT2D eigenvalue weighted by atomic mass is 35.5. The van der Waals surface area contributed by atoms with Crippen LogP contribution in [0.3, 0.4) is 0 Å². The molecule has 1 aromatic rings. The maximum absolute atomic E-state index is 12.5. The van der Waals surface area contributed by atoms with E-state index in [2.05, 4.69) is 6.58 Å². The number of hydrogen-bond donors (Lipinski definition) is 0. The van der Waals surface area contributed by atoms with Crippen LogP contribution < -0.4 is 4.90 Å². The van der Waals surface area contributed by atoms with Gasteiger partial charge in [-0.3, -0.25) is 0 Å². The van der Waals surface area contributed by atoms with E-state index < -0.39 is 11.7 Å². The summed E-state index contributed by atoms with van der Waals surface area (Å²) in [5, 5.41) is 0.273. The zero-order valence-corrected chi connectivity index (χ0v) is 9.44. The quantitative estimate of drug-likeness (QED) is 0.771. The molecule has 5 heteroatoms. The molecule has 0 amide bonds. The smallest absolute Gasteiger partial charge is 0.348 e. The molecule has 0 spiro atoms. The maximum atomic E-state index is 12.5. The van der Waals surface area contributed by atoms with Crippen LogP contribution in [0, 0.1) is 0 Å². The van der Waals surface area contributed by atoms with Crippen molar-refractivity contribution in [3.8, 4) is 0 Å². The van der Waals surface area contributed by atoms with Crippen molar-refractivity contribution in [1.82, 2.24) is 0 Å². The number of halogens is 4. The summed E-state index contributed by atoms with van der Waals surface area (Å²) in [7, 11) is 0. The van der Waals surface area contributed by atoms with Crippen LogP contribution in [0.25, 0.3) is 0 Å². The van der Waals surface area contributed by atoms with Crippen molar-refractivity contribution >= 4 is 17.3 Å². The fourth-order valence-electron chi connectivity index (χ4n) is 1.31. The molecule has 0 aliphatic heterocycles. The van der Waals surface area contributed by atoms with Crippen molar-refractivity contribution in [3.05, 3.63) is 41.6 Å². The fraction of sp³-hybridized carbons (Fsp3) is 0.273. The fourth-order valence-corrected chi connectivity index (χ4v) is 1.53. The van der Waals surface area contributed by atoms with Gasteiger partial charge in [-0.15, -0.1) is 0 Å². The van der Waals surface area contributed by atoms with Crippen molar-refractivity contribution in [2.24, 2.45) is 0 Å². The van der Waals surface area contributed by atoms with Gasteiger partial charge in [-0.25, -0.2) is 0 Å². The highest BCUT2D eigenvalue weighted by Gasteiger charge is 2.31. The number of benzene rings is 1. The first-order chi connectivity index (χ1) is 7.40. The summed E-state index contributed by atoms with van der Waals surface area (Å²) in [6.07, 6.45) is -2.92. The Morgan fingerprint density at radius 2 is 2.06 bits per heavy atom. The Hall–Kier alpha value is -1.16. The van der Waals surface area contributed by atoms with Crippen LogP contribution in [0.4, 0.5) is 18.9 Å². The van der Waals surface area contributed by atoms with Gasteiger partial charge in [0, 0.05) is 6.54 Å². The Bertz CT molecular complexity index is 387. The molecule has 0 heterocycles. The van der Waals surface area contributed by atoms with Crippen LogP contribution in [-0.2, 0) is 6.18 Å². The van der Waals surface area contributed by atoms with Gasteiger partial charge >= 0.3 is 6.18 Å². The summed E-state index contributed by atoms with van der Waals surface area (Å²) in [5.74, 6) is 0. The van der Waals surface area contributed by atoms with Crippen LogP contribution in [0.15, 0.2) is 31.0 Å². The normalized spacial score (nSPS) is 11.3. The van der Waals surface area contributed by atoms with Crippen molar-refractivity contribution in [1.29, 1.82) is 0 Å². The van der Waals surface area contributed by atoms with Gasteiger partial charge in [-0.05, 0) is 31.3 Å². The topological polar surface area (TPSA) is 3.24 Å². The predicted octanol–water partition coefficient (Wildman–Crippen LogP) is 4.33. The predicted molar refractivity (Wildman–Crippen MR) is 59.7 cm³/mol. The Balaban J connectivity index is 3.23. The minimum absolute atomic E-state index is 0.273. The second-order valence-electron chi connectivity index (χ2n) is 3.13. The van der Waals surface area contributed by atoms with E-state index in [4.69, 9.17) is 11.6 Å². The molecular weight excluding hydrogens is 239 g/mol. The van der Waals surface area contributed by atoms with Crippen LogP contribution >= 0.6 is 11.6 Å². The SMILES string of the molecule is C=CN(CC)c1cc(C(F)(F)F)ccc1Cl. The highest BCUT2D eigenvalue weighted by molar-refractivity contribution is 6.33. The van der Waals surface area contributed by atoms with Gasteiger partial charge in [-0.1, -0.05) is 18.2 Å². The molecule has 0 saturated carbocycles. The van der Waals surface area contributed by atoms with E-state index >= 15 is 0 Å². The molecule has 1 nitrogen and oxygen atoms in total. The van der Waals surface area contributed by atoms with E-state index in [1.165, 1.54) is 12.3 Å². The number of anilines is 1. The minimum Gasteiger partial charge on any atom is -0.348 e. The van der Waals surface area contributed by atoms with E-state index in [0.29, 0.717) is 12.2 Å². The Morgan fingerprint density at radius 1 is 1.44 bits per heavy atom. The summed E-state index contributed by atoms with van der Waals surface area (Å²) in [6, 6.07) is 3.22. The van der Waals surface area contributed by atoms with E-state index in [1.54, 1.807) is 11.8 Å². The molecule has 0 bridgehead atoms. The molecule has 16 heavy (non-hydrogen) atoms. The molecule has 0 aromatic heterocycles. The summed E-state index contributed by atoms with van der Waals surface area (Å²) in [4.78, 5) is 1.55. The maximum Gasteiger partial charge on any atom is 0.416 e. The number of rotatable bonds is 3. The summed E-state index contributed by atoms with van der Waals surface area (Å²) >= 11 is 5.84. The molecule has 0 unspecified atom stereocenters. The van der Waals surface area contributed by atoms with Gasteiger partial charge in [0.15, 0.2) is 0 Å². The molecule has 1 aromatic carbocycles. The van der Waals surface area contributed by atoms with Gasteiger partial charge in [0.1, 0.15) is 0 Å². The van der Waals surface area contributed by atoms with Crippen LogP contribution in [0.1, 0.15) is 12.5 Å². The average Bonchev–Trinajstić information content (AvgIpc) is 2.20. The van der Waals surface area contributed by atoms with Crippen molar-refractivity contribution in [2.45, 2.75) is 13.1 Å². The zero-order chi connectivity index (χ0) is 12.3. The lowest BCUT2D eigenvalue weighted by Gasteiger charge is -2.20. The first-order valence-electron chi connectivity index (χ1n) is 4.66. The third-order valence-corrected chi connectivity index (χ3v) is 2.46. The molecule has 0 atom stereocenters. The second kappa shape index (κ2) is 4.78. The van der Waals surface area contributed by atoms with E-state index in [1.807, 2.05) is 0 Å². The number of alkyl halides is 3. The van der Waals surface area contributed by atoms with Gasteiger partial charge in [0.05, 0.1) is 16.3 Å².